The number of hydrogen-bond donors (Lipinski definition) is 1. The van der Waals surface area contributed by atoms with E-state index in [0.717, 1.165) is 22.4 Å². The van der Waals surface area contributed by atoms with Crippen LogP contribution in [0, 0.1) is 0 Å². The minimum Gasteiger partial charge on any atom is -0.324 e. The van der Waals surface area contributed by atoms with Crippen molar-refractivity contribution in [2.45, 2.75) is 18.6 Å². The summed E-state index contributed by atoms with van der Waals surface area (Å²) in [6.45, 7) is 2.80. The number of hydrogen-bond acceptors (Lipinski definition) is 6. The van der Waals surface area contributed by atoms with Crippen LogP contribution in [-0.2, 0) is 11.3 Å². The lowest BCUT2D eigenvalue weighted by molar-refractivity contribution is -0.113. The monoisotopic (exact) mass is 345 g/mol. The average molecular weight is 345 g/mol. The van der Waals surface area contributed by atoms with Crippen LogP contribution >= 0.6 is 23.1 Å². The van der Waals surface area contributed by atoms with E-state index >= 15 is 0 Å². The van der Waals surface area contributed by atoms with Gasteiger partial charge in [-0.2, -0.15) is 0 Å². The van der Waals surface area contributed by atoms with Gasteiger partial charge in [-0.3, -0.25) is 9.78 Å². The van der Waals surface area contributed by atoms with Crippen LogP contribution in [0.15, 0.2) is 47.2 Å². The highest BCUT2D eigenvalue weighted by molar-refractivity contribution is 7.99. The molecule has 0 radical (unpaired) electrons. The molecule has 0 aliphatic heterocycles. The molecule has 0 atom stereocenters. The van der Waals surface area contributed by atoms with Crippen molar-refractivity contribution >= 4 is 34.7 Å². The Morgan fingerprint density at radius 3 is 2.96 bits per heavy atom. The summed E-state index contributed by atoms with van der Waals surface area (Å²) in [7, 11) is 0. The highest BCUT2D eigenvalue weighted by Crippen LogP contribution is 2.27. The second-order valence-electron chi connectivity index (χ2n) is 4.61. The standard InChI is InChI=1S/C15H15N5OS2/c1-2-20-14(12-6-4-8-22-12)18-19-15(20)23-10-13(21)17-11-5-3-7-16-9-11/h3-9H,2,10H2,1H3,(H,17,21). The first-order chi connectivity index (χ1) is 11.3. The summed E-state index contributed by atoms with van der Waals surface area (Å²) in [5.41, 5.74) is 0.689. The zero-order valence-electron chi connectivity index (χ0n) is 12.5. The molecule has 0 saturated carbocycles. The molecule has 118 valence electrons. The number of thioether (sulfide) groups is 1. The molecule has 0 fully saturated rings. The number of pyridine rings is 1. The summed E-state index contributed by atoms with van der Waals surface area (Å²) in [4.78, 5) is 17.0. The molecule has 1 amide bonds. The predicted octanol–water partition coefficient (Wildman–Crippen LogP) is 3.15. The van der Waals surface area contributed by atoms with Crippen molar-refractivity contribution in [3.05, 3.63) is 42.0 Å². The maximum Gasteiger partial charge on any atom is 0.234 e. The molecule has 3 heterocycles. The predicted molar refractivity (Wildman–Crippen MR) is 92.6 cm³/mol. The van der Waals surface area contributed by atoms with Gasteiger partial charge in [-0.15, -0.1) is 21.5 Å². The van der Waals surface area contributed by atoms with Gasteiger partial charge in [-0.05, 0) is 30.5 Å². The number of thiophene rings is 1. The molecule has 1 N–H and O–H groups in total. The quantitative estimate of drug-likeness (QED) is 0.695. The SMILES string of the molecule is CCn1c(SCC(=O)Nc2cccnc2)nnc1-c1cccs1. The van der Waals surface area contributed by atoms with E-state index in [2.05, 4.69) is 20.5 Å². The fraction of sp³-hybridized carbons (Fsp3) is 0.200. The van der Waals surface area contributed by atoms with Gasteiger partial charge in [0.15, 0.2) is 11.0 Å². The Morgan fingerprint density at radius 2 is 2.26 bits per heavy atom. The minimum absolute atomic E-state index is 0.0914. The Bertz CT molecular complexity index is 771. The van der Waals surface area contributed by atoms with E-state index in [9.17, 15) is 4.79 Å². The molecule has 3 aromatic rings. The van der Waals surface area contributed by atoms with Crippen molar-refractivity contribution in [3.63, 3.8) is 0 Å². The second kappa shape index (κ2) is 7.38. The molecule has 8 heteroatoms. The summed E-state index contributed by atoms with van der Waals surface area (Å²) in [6.07, 6.45) is 3.28. The van der Waals surface area contributed by atoms with Crippen molar-refractivity contribution < 1.29 is 4.79 Å². The summed E-state index contributed by atoms with van der Waals surface area (Å²) in [5.74, 6) is 1.03. The Balaban J connectivity index is 1.65. The van der Waals surface area contributed by atoms with Crippen LogP contribution < -0.4 is 5.32 Å². The Labute approximate surface area is 142 Å². The van der Waals surface area contributed by atoms with E-state index in [4.69, 9.17) is 0 Å². The first-order valence-electron chi connectivity index (χ1n) is 7.07. The van der Waals surface area contributed by atoms with Crippen LogP contribution in [0.25, 0.3) is 10.7 Å². The van der Waals surface area contributed by atoms with Crippen molar-refractivity contribution in [1.29, 1.82) is 0 Å². The Hall–Kier alpha value is -2.19. The van der Waals surface area contributed by atoms with Crippen molar-refractivity contribution in [2.24, 2.45) is 0 Å². The number of amides is 1. The van der Waals surface area contributed by atoms with E-state index in [0.29, 0.717) is 5.69 Å². The molecular formula is C15H15N5OS2. The van der Waals surface area contributed by atoms with Gasteiger partial charge in [-0.1, -0.05) is 17.8 Å². The van der Waals surface area contributed by atoms with Crippen molar-refractivity contribution in [3.8, 4) is 10.7 Å². The number of anilines is 1. The van der Waals surface area contributed by atoms with E-state index < -0.39 is 0 Å². The average Bonchev–Trinajstić information content (AvgIpc) is 3.22. The topological polar surface area (TPSA) is 72.7 Å². The lowest BCUT2D eigenvalue weighted by atomic mass is 10.4. The fourth-order valence-corrected chi connectivity index (χ4v) is 3.55. The number of aromatic nitrogens is 4. The van der Waals surface area contributed by atoms with Gasteiger partial charge in [0.05, 0.1) is 22.5 Å². The molecule has 6 nitrogen and oxygen atoms in total. The van der Waals surface area contributed by atoms with E-state index in [1.54, 1.807) is 35.9 Å². The van der Waals surface area contributed by atoms with Crippen LogP contribution in [0.4, 0.5) is 5.69 Å². The third-order valence-electron chi connectivity index (χ3n) is 3.05. The number of nitrogens with zero attached hydrogens (tertiary/aromatic N) is 4. The van der Waals surface area contributed by atoms with E-state index in [1.807, 2.05) is 29.0 Å². The lowest BCUT2D eigenvalue weighted by Gasteiger charge is -2.06. The van der Waals surface area contributed by atoms with Crippen LogP contribution in [0.2, 0.25) is 0 Å². The lowest BCUT2D eigenvalue weighted by Crippen LogP contribution is -2.14. The summed E-state index contributed by atoms with van der Waals surface area (Å²) < 4.78 is 2.02. The largest absolute Gasteiger partial charge is 0.324 e. The summed E-state index contributed by atoms with van der Waals surface area (Å²) in [6, 6.07) is 7.59. The molecule has 0 unspecified atom stereocenters. The van der Waals surface area contributed by atoms with Crippen LogP contribution in [-0.4, -0.2) is 31.4 Å². The maximum atomic E-state index is 12.0. The molecular weight excluding hydrogens is 330 g/mol. The highest BCUT2D eigenvalue weighted by Gasteiger charge is 2.15. The van der Waals surface area contributed by atoms with Gasteiger partial charge < -0.3 is 9.88 Å². The van der Waals surface area contributed by atoms with Gasteiger partial charge in [-0.25, -0.2) is 0 Å². The molecule has 0 aliphatic rings. The van der Waals surface area contributed by atoms with E-state index in [1.165, 1.54) is 11.8 Å². The number of nitrogens with one attached hydrogen (secondary N) is 1. The van der Waals surface area contributed by atoms with Crippen LogP contribution in [0.3, 0.4) is 0 Å². The molecule has 23 heavy (non-hydrogen) atoms. The zero-order chi connectivity index (χ0) is 16.1. The Kier molecular flexibility index (Phi) is 5.04. The van der Waals surface area contributed by atoms with Gasteiger partial charge in [0.1, 0.15) is 0 Å². The highest BCUT2D eigenvalue weighted by atomic mass is 32.2. The van der Waals surface area contributed by atoms with E-state index in [-0.39, 0.29) is 11.7 Å². The Morgan fingerprint density at radius 1 is 1.35 bits per heavy atom. The number of carbonyl (C=O) groups excluding carboxylic acids is 1. The zero-order valence-corrected chi connectivity index (χ0v) is 14.1. The molecule has 0 aliphatic carbocycles. The number of carbonyl (C=O) groups is 1. The van der Waals surface area contributed by atoms with Gasteiger partial charge in [0.25, 0.3) is 0 Å². The molecule has 0 spiro atoms. The van der Waals surface area contributed by atoms with Gasteiger partial charge in [0, 0.05) is 12.7 Å². The summed E-state index contributed by atoms with van der Waals surface area (Å²) in [5, 5.41) is 14.0. The third-order valence-corrected chi connectivity index (χ3v) is 4.88. The number of rotatable bonds is 6. The molecule has 0 bridgehead atoms. The van der Waals surface area contributed by atoms with Gasteiger partial charge in [0.2, 0.25) is 5.91 Å². The van der Waals surface area contributed by atoms with Crippen LogP contribution in [0.5, 0.6) is 0 Å². The first-order valence-corrected chi connectivity index (χ1v) is 8.94. The molecule has 3 aromatic heterocycles. The normalized spacial score (nSPS) is 10.7. The third kappa shape index (κ3) is 3.77. The molecule has 0 aromatic carbocycles. The molecule has 3 rings (SSSR count). The van der Waals surface area contributed by atoms with Crippen LogP contribution in [0.1, 0.15) is 6.92 Å². The molecule has 0 saturated heterocycles. The summed E-state index contributed by atoms with van der Waals surface area (Å²) >= 11 is 3.00. The second-order valence-corrected chi connectivity index (χ2v) is 6.50. The van der Waals surface area contributed by atoms with Crippen molar-refractivity contribution in [2.75, 3.05) is 11.1 Å². The first kappa shape index (κ1) is 15.7. The minimum atomic E-state index is -0.0914. The fourth-order valence-electron chi connectivity index (χ4n) is 2.03. The maximum absolute atomic E-state index is 12.0. The smallest absolute Gasteiger partial charge is 0.234 e. The van der Waals surface area contributed by atoms with Crippen molar-refractivity contribution in [1.82, 2.24) is 19.7 Å². The van der Waals surface area contributed by atoms with Gasteiger partial charge >= 0.3 is 0 Å².